The molecule has 8 nitrogen and oxygen atoms in total. The standard InChI is InChI=1S/C5H6BrClN2O2.C5H6Cl2N2O2/c1-8-3(10)5(6,7)9(2)4(8)11;1-5(2)3(10)8(6)4(11)9(5)7/h2*1-2H3. The van der Waals surface area contributed by atoms with Crippen LogP contribution in [0.2, 0.25) is 0 Å². The van der Waals surface area contributed by atoms with Gasteiger partial charge in [-0.2, -0.15) is 4.42 Å². The van der Waals surface area contributed by atoms with Crippen LogP contribution in [0.4, 0.5) is 9.59 Å². The van der Waals surface area contributed by atoms with Crippen LogP contribution in [0, 0.1) is 0 Å². The second-order valence-electron chi connectivity index (χ2n) is 4.96. The SMILES string of the molecule is CC1(C)C(=O)N(Cl)C(=O)N1Cl.CN1C(=O)N(C)C(Cl)(Br)C1=O. The van der Waals surface area contributed by atoms with Gasteiger partial charge in [-0.3, -0.25) is 19.4 Å². The fourth-order valence-electron chi connectivity index (χ4n) is 1.50. The predicted molar refractivity (Wildman–Crippen MR) is 83.3 cm³/mol. The molecular formula is C10H12BrCl3N4O4. The monoisotopic (exact) mass is 436 g/mol. The molecule has 2 heterocycles. The van der Waals surface area contributed by atoms with E-state index in [1.54, 1.807) is 0 Å². The van der Waals surface area contributed by atoms with Gasteiger partial charge < -0.3 is 0 Å². The van der Waals surface area contributed by atoms with Gasteiger partial charge in [0.15, 0.2) is 0 Å². The van der Waals surface area contributed by atoms with Crippen molar-refractivity contribution in [2.75, 3.05) is 14.1 Å². The molecule has 0 aromatic rings. The van der Waals surface area contributed by atoms with Gasteiger partial charge in [0.25, 0.3) is 15.7 Å². The second-order valence-corrected chi connectivity index (χ2v) is 7.78. The normalized spacial score (nSPS) is 27.6. The summed E-state index contributed by atoms with van der Waals surface area (Å²) >= 11 is 19.4. The number of hydrogen-bond donors (Lipinski definition) is 0. The minimum absolute atomic E-state index is 0.415. The molecule has 124 valence electrons. The van der Waals surface area contributed by atoms with Crippen LogP contribution >= 0.6 is 51.1 Å². The van der Waals surface area contributed by atoms with Crippen molar-refractivity contribution in [2.24, 2.45) is 0 Å². The van der Waals surface area contributed by atoms with E-state index < -0.39 is 33.3 Å². The van der Waals surface area contributed by atoms with Gasteiger partial charge in [0.2, 0.25) is 0 Å². The van der Waals surface area contributed by atoms with Crippen molar-refractivity contribution in [1.82, 2.24) is 18.6 Å². The first-order chi connectivity index (χ1) is 9.77. The third kappa shape index (κ3) is 2.86. The van der Waals surface area contributed by atoms with E-state index in [4.69, 9.17) is 35.2 Å². The highest BCUT2D eigenvalue weighted by molar-refractivity contribution is 9.10. The summed E-state index contributed by atoms with van der Waals surface area (Å²) in [6, 6.07) is -1.12. The Morgan fingerprint density at radius 2 is 1.41 bits per heavy atom. The van der Waals surface area contributed by atoms with Crippen LogP contribution < -0.4 is 0 Å². The molecule has 0 spiro atoms. The Morgan fingerprint density at radius 1 is 0.955 bits per heavy atom. The molecule has 1 unspecified atom stereocenters. The predicted octanol–water partition coefficient (Wildman–Crippen LogP) is 2.13. The molecular weight excluding hydrogens is 426 g/mol. The molecule has 2 aliphatic heterocycles. The Bertz CT molecular complexity index is 508. The van der Waals surface area contributed by atoms with Gasteiger partial charge in [0.1, 0.15) is 5.54 Å². The number of carbonyl (C=O) groups is 4. The molecule has 0 radical (unpaired) electrons. The number of nitrogens with zero attached hydrogens (tertiary/aromatic N) is 4. The lowest BCUT2D eigenvalue weighted by molar-refractivity contribution is -0.128. The van der Waals surface area contributed by atoms with Gasteiger partial charge in [0.05, 0.1) is 0 Å². The lowest BCUT2D eigenvalue weighted by atomic mass is 10.1. The Kier molecular flexibility index (Phi) is 5.28. The zero-order valence-electron chi connectivity index (χ0n) is 11.9. The summed E-state index contributed by atoms with van der Waals surface area (Å²) in [7, 11) is 2.83. The fraction of sp³-hybridized carbons (Fsp3) is 0.600. The number of imide groups is 2. The first-order valence-corrected chi connectivity index (χ1v) is 7.56. The summed E-state index contributed by atoms with van der Waals surface area (Å²) in [6.07, 6.45) is 0. The molecule has 0 bridgehead atoms. The van der Waals surface area contributed by atoms with Crippen molar-refractivity contribution in [3.05, 3.63) is 0 Å². The molecule has 2 saturated heterocycles. The minimum Gasteiger partial charge on any atom is -0.291 e. The van der Waals surface area contributed by atoms with E-state index in [0.29, 0.717) is 4.42 Å². The summed E-state index contributed by atoms with van der Waals surface area (Å²) in [4.78, 5) is 46.3. The average Bonchev–Trinajstić information content (AvgIpc) is 2.67. The number of amides is 6. The fourth-order valence-corrected chi connectivity index (χ4v) is 2.59. The molecule has 0 N–H and O–H groups in total. The molecule has 2 fully saturated rings. The molecule has 2 aliphatic rings. The third-order valence-electron chi connectivity index (χ3n) is 3.09. The van der Waals surface area contributed by atoms with Crippen LogP contribution in [0.1, 0.15) is 13.8 Å². The number of halogens is 4. The van der Waals surface area contributed by atoms with Gasteiger partial charge in [-0.05, 0) is 29.8 Å². The molecule has 0 aliphatic carbocycles. The van der Waals surface area contributed by atoms with Crippen LogP contribution in [-0.2, 0) is 9.59 Å². The number of carbonyl (C=O) groups excluding carboxylic acids is 4. The van der Waals surface area contributed by atoms with E-state index in [2.05, 4.69) is 15.9 Å². The quantitative estimate of drug-likeness (QED) is 0.251. The summed E-state index contributed by atoms with van der Waals surface area (Å²) in [5.41, 5.74) is -1.04. The second kappa shape index (κ2) is 6.03. The number of hydrogen-bond acceptors (Lipinski definition) is 4. The maximum Gasteiger partial charge on any atom is 0.357 e. The third-order valence-corrected chi connectivity index (χ3v) is 5.24. The van der Waals surface area contributed by atoms with E-state index in [9.17, 15) is 19.2 Å². The van der Waals surface area contributed by atoms with E-state index in [1.165, 1.54) is 27.9 Å². The number of rotatable bonds is 0. The highest BCUT2D eigenvalue weighted by Gasteiger charge is 2.52. The highest BCUT2D eigenvalue weighted by atomic mass is 79.9. The van der Waals surface area contributed by atoms with Gasteiger partial charge in [-0.25, -0.2) is 14.0 Å². The maximum absolute atomic E-state index is 11.1. The average molecular weight is 438 g/mol. The first kappa shape index (κ1) is 19.3. The minimum atomic E-state index is -1.39. The van der Waals surface area contributed by atoms with Crippen LogP contribution in [-0.4, -0.2) is 66.1 Å². The molecule has 12 heteroatoms. The van der Waals surface area contributed by atoms with E-state index in [1.807, 2.05) is 0 Å². The Hall–Kier alpha value is -0.770. The zero-order valence-corrected chi connectivity index (χ0v) is 15.8. The number of alkyl halides is 2. The number of likely N-dealkylation sites (N-methyl/N-ethyl adjacent to an activating group) is 2. The summed E-state index contributed by atoms with van der Waals surface area (Å²) in [6.45, 7) is 3.03. The lowest BCUT2D eigenvalue weighted by Gasteiger charge is -2.18. The summed E-state index contributed by atoms with van der Waals surface area (Å²) < 4.78 is -0.131. The van der Waals surface area contributed by atoms with Crippen molar-refractivity contribution in [3.63, 3.8) is 0 Å². The van der Waals surface area contributed by atoms with Crippen LogP contribution in [0.25, 0.3) is 0 Å². The molecule has 0 aromatic heterocycles. The smallest absolute Gasteiger partial charge is 0.291 e. The summed E-state index contributed by atoms with van der Waals surface area (Å²) in [5.74, 6) is -0.981. The summed E-state index contributed by atoms with van der Waals surface area (Å²) in [5, 5.41) is 0. The van der Waals surface area contributed by atoms with Gasteiger partial charge in [-0.15, -0.1) is 0 Å². The van der Waals surface area contributed by atoms with Crippen molar-refractivity contribution >= 4 is 75.0 Å². The van der Waals surface area contributed by atoms with Crippen LogP contribution in [0.15, 0.2) is 0 Å². The van der Waals surface area contributed by atoms with E-state index >= 15 is 0 Å². The highest BCUT2D eigenvalue weighted by Crippen LogP contribution is 2.35. The van der Waals surface area contributed by atoms with Crippen LogP contribution in [0.5, 0.6) is 0 Å². The molecule has 0 aromatic carbocycles. The van der Waals surface area contributed by atoms with Crippen molar-refractivity contribution in [2.45, 2.75) is 23.3 Å². The molecule has 6 amide bonds. The van der Waals surface area contributed by atoms with Gasteiger partial charge in [0, 0.05) is 37.6 Å². The van der Waals surface area contributed by atoms with Crippen molar-refractivity contribution in [3.8, 4) is 0 Å². The number of urea groups is 2. The topological polar surface area (TPSA) is 81.2 Å². The van der Waals surface area contributed by atoms with Gasteiger partial charge in [-0.1, -0.05) is 11.6 Å². The Morgan fingerprint density at radius 3 is 1.50 bits per heavy atom. The van der Waals surface area contributed by atoms with Crippen molar-refractivity contribution in [1.29, 1.82) is 0 Å². The molecule has 2 rings (SSSR count). The molecule has 0 saturated carbocycles. The molecule has 1 atom stereocenters. The van der Waals surface area contributed by atoms with Crippen LogP contribution in [0.3, 0.4) is 0 Å². The maximum atomic E-state index is 11.1. The molecule has 22 heavy (non-hydrogen) atoms. The Labute approximate surface area is 150 Å². The van der Waals surface area contributed by atoms with E-state index in [0.717, 1.165) is 14.2 Å². The lowest BCUT2D eigenvalue weighted by Crippen LogP contribution is -2.38. The first-order valence-electron chi connectivity index (χ1n) is 5.72. The largest absolute Gasteiger partial charge is 0.357 e. The van der Waals surface area contributed by atoms with Gasteiger partial charge >= 0.3 is 12.1 Å². The zero-order chi connectivity index (χ0) is 17.6. The Balaban J connectivity index is 0.000000220. The van der Waals surface area contributed by atoms with Crippen molar-refractivity contribution < 1.29 is 19.2 Å². The van der Waals surface area contributed by atoms with E-state index in [-0.39, 0.29) is 0 Å².